The molecule has 1 fully saturated rings. The number of urea groups is 1. The molecule has 2 N–H and O–H groups in total. The van der Waals surface area contributed by atoms with Crippen LogP contribution in [0.1, 0.15) is 49.4 Å². The molecule has 0 bridgehead atoms. The van der Waals surface area contributed by atoms with Crippen molar-refractivity contribution in [1.82, 2.24) is 15.6 Å². The van der Waals surface area contributed by atoms with Crippen molar-refractivity contribution in [3.05, 3.63) is 50.4 Å². The number of rotatable bonds is 4. The van der Waals surface area contributed by atoms with Crippen molar-refractivity contribution in [3.8, 4) is 0 Å². The second kappa shape index (κ2) is 6.84. The zero-order chi connectivity index (χ0) is 17.3. The summed E-state index contributed by atoms with van der Waals surface area (Å²) in [4.78, 5) is 16.7. The van der Waals surface area contributed by atoms with E-state index in [4.69, 9.17) is 0 Å². The Bertz CT molecular complexity index is 738. The van der Waals surface area contributed by atoms with Crippen LogP contribution in [0.15, 0.2) is 34.1 Å². The maximum Gasteiger partial charge on any atom is 0.315 e. The van der Waals surface area contributed by atoms with E-state index in [2.05, 4.69) is 58.4 Å². The Balaban J connectivity index is 1.47. The minimum absolute atomic E-state index is 0.0511. The Hall–Kier alpha value is -1.40. The molecule has 0 saturated heterocycles. The third kappa shape index (κ3) is 4.16. The molecule has 0 spiro atoms. The first-order chi connectivity index (χ1) is 11.3. The summed E-state index contributed by atoms with van der Waals surface area (Å²) in [6.45, 7) is 6.89. The molecule has 1 saturated carbocycles. The molecule has 1 aliphatic carbocycles. The van der Waals surface area contributed by atoms with Crippen LogP contribution in [0.5, 0.6) is 0 Å². The molecule has 3 rings (SSSR count). The number of halogens is 1. The second-order valence-electron chi connectivity index (χ2n) is 7.19. The van der Waals surface area contributed by atoms with Crippen molar-refractivity contribution in [2.24, 2.45) is 0 Å². The zero-order valence-corrected chi connectivity index (χ0v) is 16.5. The zero-order valence-electron chi connectivity index (χ0n) is 14.1. The summed E-state index contributed by atoms with van der Waals surface area (Å²) in [6.07, 6.45) is 0.987. The van der Waals surface area contributed by atoms with E-state index in [0.717, 1.165) is 21.6 Å². The van der Waals surface area contributed by atoms with Crippen LogP contribution < -0.4 is 10.6 Å². The van der Waals surface area contributed by atoms with Crippen LogP contribution in [-0.4, -0.2) is 17.1 Å². The van der Waals surface area contributed by atoms with Gasteiger partial charge in [-0.3, -0.25) is 0 Å². The standard InChI is InChI=1S/C18H22BrN3OS/c1-18(2,3)16-21-11(10-24-16)9-20-17(23)22-15-8-13(15)12-6-4-5-7-14(12)19/h4-7,10,13,15H,8-9H2,1-3H3,(H2,20,22,23). The minimum Gasteiger partial charge on any atom is -0.335 e. The van der Waals surface area contributed by atoms with Crippen molar-refractivity contribution < 1.29 is 4.79 Å². The van der Waals surface area contributed by atoms with Crippen molar-refractivity contribution in [1.29, 1.82) is 0 Å². The van der Waals surface area contributed by atoms with Gasteiger partial charge in [-0.05, 0) is 18.1 Å². The number of nitrogens with one attached hydrogen (secondary N) is 2. The average molecular weight is 408 g/mol. The summed E-state index contributed by atoms with van der Waals surface area (Å²) in [5.74, 6) is 0.401. The molecule has 4 nitrogen and oxygen atoms in total. The lowest BCUT2D eigenvalue weighted by atomic mass is 9.98. The highest BCUT2D eigenvalue weighted by Gasteiger charge is 2.40. The fourth-order valence-electron chi connectivity index (χ4n) is 2.60. The van der Waals surface area contributed by atoms with Gasteiger partial charge in [-0.2, -0.15) is 0 Å². The van der Waals surface area contributed by atoms with Crippen molar-refractivity contribution in [3.63, 3.8) is 0 Å². The van der Waals surface area contributed by atoms with Crippen molar-refractivity contribution in [2.45, 2.75) is 51.1 Å². The fraction of sp³-hybridized carbons (Fsp3) is 0.444. The summed E-state index contributed by atoms with van der Waals surface area (Å²) >= 11 is 5.22. The number of benzene rings is 1. The summed E-state index contributed by atoms with van der Waals surface area (Å²) < 4.78 is 1.11. The highest BCUT2D eigenvalue weighted by atomic mass is 79.9. The monoisotopic (exact) mass is 407 g/mol. The number of hydrogen-bond acceptors (Lipinski definition) is 3. The summed E-state index contributed by atoms with van der Waals surface area (Å²) in [6, 6.07) is 8.27. The smallest absolute Gasteiger partial charge is 0.315 e. The maximum atomic E-state index is 12.1. The van der Waals surface area contributed by atoms with E-state index in [1.54, 1.807) is 11.3 Å². The van der Waals surface area contributed by atoms with Gasteiger partial charge in [0.1, 0.15) is 0 Å². The summed E-state index contributed by atoms with van der Waals surface area (Å²) in [5.41, 5.74) is 2.23. The van der Waals surface area contributed by atoms with Gasteiger partial charge in [0.15, 0.2) is 0 Å². The van der Waals surface area contributed by atoms with E-state index in [9.17, 15) is 4.79 Å². The van der Waals surface area contributed by atoms with Gasteiger partial charge in [-0.25, -0.2) is 9.78 Å². The first-order valence-corrected chi connectivity index (χ1v) is 9.75. The van der Waals surface area contributed by atoms with Crippen LogP contribution in [0, 0.1) is 0 Å². The highest BCUT2D eigenvalue weighted by Crippen LogP contribution is 2.43. The average Bonchev–Trinajstić information content (AvgIpc) is 3.08. The Morgan fingerprint density at radius 3 is 2.79 bits per heavy atom. The number of carbonyl (C=O) groups is 1. The van der Waals surface area contributed by atoms with Crippen LogP contribution in [0.2, 0.25) is 0 Å². The number of hydrogen-bond donors (Lipinski definition) is 2. The van der Waals surface area contributed by atoms with Crippen LogP contribution >= 0.6 is 27.3 Å². The third-order valence-electron chi connectivity index (χ3n) is 4.04. The van der Waals surface area contributed by atoms with E-state index in [1.807, 2.05) is 23.6 Å². The molecule has 2 amide bonds. The molecular weight excluding hydrogens is 386 g/mol. The number of carbonyl (C=O) groups excluding carboxylic acids is 1. The van der Waals surface area contributed by atoms with Crippen molar-refractivity contribution >= 4 is 33.3 Å². The molecule has 2 atom stereocenters. The van der Waals surface area contributed by atoms with Gasteiger partial charge in [0.2, 0.25) is 0 Å². The number of thiazole rings is 1. The SMILES string of the molecule is CC(C)(C)c1nc(CNC(=O)NC2CC2c2ccccc2Br)cs1. The topological polar surface area (TPSA) is 54.0 Å². The minimum atomic E-state index is -0.125. The molecular formula is C18H22BrN3OS. The van der Waals surface area contributed by atoms with E-state index in [0.29, 0.717) is 12.5 Å². The Morgan fingerprint density at radius 1 is 1.38 bits per heavy atom. The first-order valence-electron chi connectivity index (χ1n) is 8.08. The molecule has 1 aliphatic rings. The maximum absolute atomic E-state index is 12.1. The van der Waals surface area contributed by atoms with Crippen LogP contribution in [0.3, 0.4) is 0 Å². The summed E-state index contributed by atoms with van der Waals surface area (Å²) in [7, 11) is 0. The molecule has 2 aromatic rings. The van der Waals surface area contributed by atoms with Gasteiger partial charge in [0.25, 0.3) is 0 Å². The second-order valence-corrected chi connectivity index (χ2v) is 8.90. The lowest BCUT2D eigenvalue weighted by Crippen LogP contribution is -2.37. The number of nitrogens with zero attached hydrogens (tertiary/aromatic N) is 1. The molecule has 0 radical (unpaired) electrons. The normalized spacial score (nSPS) is 19.8. The van der Waals surface area contributed by atoms with E-state index in [-0.39, 0.29) is 17.5 Å². The molecule has 24 heavy (non-hydrogen) atoms. The quantitative estimate of drug-likeness (QED) is 0.780. The van der Waals surface area contributed by atoms with Gasteiger partial charge in [-0.15, -0.1) is 11.3 Å². The van der Waals surface area contributed by atoms with Gasteiger partial charge in [0, 0.05) is 27.2 Å². The predicted octanol–water partition coefficient (Wildman–Crippen LogP) is 4.56. The summed E-state index contributed by atoms with van der Waals surface area (Å²) in [5, 5.41) is 9.05. The van der Waals surface area contributed by atoms with E-state index < -0.39 is 0 Å². The molecule has 0 aliphatic heterocycles. The Labute approximate surface area is 155 Å². The van der Waals surface area contributed by atoms with Gasteiger partial charge < -0.3 is 10.6 Å². The first kappa shape index (κ1) is 17.4. The third-order valence-corrected chi connectivity index (χ3v) is 6.07. The highest BCUT2D eigenvalue weighted by molar-refractivity contribution is 9.10. The van der Waals surface area contributed by atoms with Crippen molar-refractivity contribution in [2.75, 3.05) is 0 Å². The van der Waals surface area contributed by atoms with E-state index in [1.165, 1.54) is 5.56 Å². The molecule has 128 valence electrons. The molecule has 6 heteroatoms. The van der Waals surface area contributed by atoms with E-state index >= 15 is 0 Å². The Kier molecular flexibility index (Phi) is 4.97. The molecule has 1 aromatic heterocycles. The van der Waals surface area contributed by atoms with Crippen LogP contribution in [0.4, 0.5) is 4.79 Å². The van der Waals surface area contributed by atoms with Gasteiger partial charge in [0.05, 0.1) is 17.2 Å². The van der Waals surface area contributed by atoms with Crippen LogP contribution in [0.25, 0.3) is 0 Å². The molecule has 1 aromatic carbocycles. The fourth-order valence-corrected chi connectivity index (χ4v) is 4.08. The lowest BCUT2D eigenvalue weighted by molar-refractivity contribution is 0.240. The van der Waals surface area contributed by atoms with Gasteiger partial charge >= 0.3 is 6.03 Å². The molecule has 1 heterocycles. The van der Waals surface area contributed by atoms with Gasteiger partial charge in [-0.1, -0.05) is 54.9 Å². The number of amides is 2. The predicted molar refractivity (Wildman–Crippen MR) is 101 cm³/mol. The van der Waals surface area contributed by atoms with Crippen LogP contribution in [-0.2, 0) is 12.0 Å². The largest absolute Gasteiger partial charge is 0.335 e. The Morgan fingerprint density at radius 2 is 2.12 bits per heavy atom. The lowest BCUT2D eigenvalue weighted by Gasteiger charge is -2.13. The number of aromatic nitrogens is 1. The molecule has 2 unspecified atom stereocenters.